The number of hydrogen-bond acceptors (Lipinski definition) is 3. The van der Waals surface area contributed by atoms with Gasteiger partial charge in [-0.25, -0.2) is 9.78 Å². The minimum absolute atomic E-state index is 0.0512. The minimum Gasteiger partial charge on any atom is -0.478 e. The maximum absolute atomic E-state index is 12.0. The van der Waals surface area contributed by atoms with E-state index < -0.39 is 11.9 Å². The Balaban J connectivity index is 2.28. The fraction of sp³-hybridized carbons (Fsp3) is 0. The monoisotopic (exact) mass is 446 g/mol. The Morgan fingerprint density at radius 2 is 2.00 bits per heavy atom. The zero-order valence-corrected chi connectivity index (χ0v) is 13.7. The maximum atomic E-state index is 12.0. The summed E-state index contributed by atoms with van der Waals surface area (Å²) < 4.78 is 1.40. The molecule has 1 aromatic carbocycles. The van der Waals surface area contributed by atoms with Gasteiger partial charge in [-0.15, -0.1) is 0 Å². The number of benzene rings is 1. The van der Waals surface area contributed by atoms with E-state index in [1.165, 1.54) is 12.3 Å². The zero-order valence-electron chi connectivity index (χ0n) is 9.93. The first kappa shape index (κ1) is 14.9. The summed E-state index contributed by atoms with van der Waals surface area (Å²) in [7, 11) is 0. The Hall–Kier alpha value is -1.48. The summed E-state index contributed by atoms with van der Waals surface area (Å²) in [6.45, 7) is 0. The standard InChI is InChI=1S/C13H8BrIN2O3/c14-11-4-1-7(6-16-11)12(18)17-10-3-2-8(15)5-9(10)13(19)20/h1-6H,(H,17,18)(H,19,20). The van der Waals surface area contributed by atoms with E-state index in [0.717, 1.165) is 3.57 Å². The third kappa shape index (κ3) is 3.54. The third-order valence-electron chi connectivity index (χ3n) is 2.45. The number of carboxylic acid groups (broad SMARTS) is 1. The van der Waals surface area contributed by atoms with Gasteiger partial charge in [-0.2, -0.15) is 0 Å². The molecule has 0 saturated heterocycles. The highest BCUT2D eigenvalue weighted by Gasteiger charge is 2.14. The van der Waals surface area contributed by atoms with E-state index in [1.54, 1.807) is 24.3 Å². The van der Waals surface area contributed by atoms with Gasteiger partial charge in [0.2, 0.25) is 0 Å². The van der Waals surface area contributed by atoms with E-state index in [2.05, 4.69) is 26.2 Å². The molecule has 0 aliphatic carbocycles. The Labute approximate surface area is 136 Å². The number of carboxylic acids is 1. The van der Waals surface area contributed by atoms with Crippen LogP contribution in [-0.4, -0.2) is 22.0 Å². The van der Waals surface area contributed by atoms with Crippen LogP contribution in [-0.2, 0) is 0 Å². The smallest absolute Gasteiger partial charge is 0.337 e. The van der Waals surface area contributed by atoms with E-state index in [-0.39, 0.29) is 11.3 Å². The number of nitrogens with zero attached hydrogens (tertiary/aromatic N) is 1. The predicted octanol–water partition coefficient (Wildman–Crippen LogP) is 3.40. The van der Waals surface area contributed by atoms with Crippen molar-refractivity contribution < 1.29 is 14.7 Å². The fourth-order valence-corrected chi connectivity index (χ4v) is 2.23. The lowest BCUT2D eigenvalue weighted by Crippen LogP contribution is -2.15. The molecule has 0 aliphatic rings. The first-order chi connectivity index (χ1) is 9.47. The highest BCUT2D eigenvalue weighted by Crippen LogP contribution is 2.20. The third-order valence-corrected chi connectivity index (χ3v) is 3.59. The van der Waals surface area contributed by atoms with E-state index in [9.17, 15) is 9.59 Å². The Morgan fingerprint density at radius 1 is 1.25 bits per heavy atom. The number of aromatic nitrogens is 1. The molecule has 5 nitrogen and oxygen atoms in total. The van der Waals surface area contributed by atoms with Crippen molar-refractivity contribution in [1.82, 2.24) is 4.98 Å². The quantitative estimate of drug-likeness (QED) is 0.559. The molecular formula is C13H8BrIN2O3. The van der Waals surface area contributed by atoms with Gasteiger partial charge in [0, 0.05) is 9.77 Å². The second kappa shape index (κ2) is 6.31. The number of carbonyl (C=O) groups excluding carboxylic acids is 1. The van der Waals surface area contributed by atoms with Crippen LogP contribution in [0.4, 0.5) is 5.69 Å². The van der Waals surface area contributed by atoms with Gasteiger partial charge in [-0.3, -0.25) is 4.79 Å². The molecule has 0 bridgehead atoms. The van der Waals surface area contributed by atoms with Crippen molar-refractivity contribution in [3.63, 3.8) is 0 Å². The summed E-state index contributed by atoms with van der Waals surface area (Å²) >= 11 is 5.19. The molecule has 0 radical (unpaired) electrons. The highest BCUT2D eigenvalue weighted by molar-refractivity contribution is 14.1. The lowest BCUT2D eigenvalue weighted by atomic mass is 10.1. The average molecular weight is 447 g/mol. The van der Waals surface area contributed by atoms with E-state index in [1.807, 2.05) is 22.6 Å². The number of halogens is 2. The number of anilines is 1. The summed E-state index contributed by atoms with van der Waals surface area (Å²) in [6.07, 6.45) is 1.41. The molecule has 7 heteroatoms. The number of rotatable bonds is 3. The Bertz CT molecular complexity index is 674. The molecule has 20 heavy (non-hydrogen) atoms. The van der Waals surface area contributed by atoms with Crippen molar-refractivity contribution in [1.29, 1.82) is 0 Å². The van der Waals surface area contributed by atoms with Crippen LogP contribution in [0.1, 0.15) is 20.7 Å². The Morgan fingerprint density at radius 3 is 2.60 bits per heavy atom. The average Bonchev–Trinajstić information content (AvgIpc) is 2.41. The number of nitrogens with one attached hydrogen (secondary N) is 1. The number of amides is 1. The normalized spacial score (nSPS) is 10.1. The molecule has 0 atom stereocenters. The van der Waals surface area contributed by atoms with Crippen molar-refractivity contribution in [2.24, 2.45) is 0 Å². The van der Waals surface area contributed by atoms with Crippen LogP contribution in [0.25, 0.3) is 0 Å². The molecule has 1 amide bonds. The summed E-state index contributed by atoms with van der Waals surface area (Å²) in [4.78, 5) is 27.1. The second-order valence-electron chi connectivity index (χ2n) is 3.82. The molecule has 102 valence electrons. The van der Waals surface area contributed by atoms with Gasteiger partial charge in [0.25, 0.3) is 5.91 Å². The molecule has 2 rings (SSSR count). The summed E-state index contributed by atoms with van der Waals surface area (Å²) in [5, 5.41) is 11.7. The van der Waals surface area contributed by atoms with Crippen molar-refractivity contribution >= 4 is 56.1 Å². The SMILES string of the molecule is O=C(Nc1ccc(I)cc1C(=O)O)c1ccc(Br)nc1. The number of hydrogen-bond donors (Lipinski definition) is 2. The molecule has 1 aromatic heterocycles. The van der Waals surface area contributed by atoms with Gasteiger partial charge in [0.15, 0.2) is 0 Å². The van der Waals surface area contributed by atoms with Crippen molar-refractivity contribution in [3.8, 4) is 0 Å². The lowest BCUT2D eigenvalue weighted by Gasteiger charge is -2.08. The van der Waals surface area contributed by atoms with Gasteiger partial charge in [-0.05, 0) is 68.9 Å². The van der Waals surface area contributed by atoms with Crippen LogP contribution in [0.2, 0.25) is 0 Å². The molecular weight excluding hydrogens is 439 g/mol. The summed E-state index contributed by atoms with van der Waals surface area (Å²) in [5.74, 6) is -1.50. The van der Waals surface area contributed by atoms with Crippen LogP contribution in [0, 0.1) is 3.57 Å². The van der Waals surface area contributed by atoms with Gasteiger partial charge in [0.05, 0.1) is 16.8 Å². The first-order valence-corrected chi connectivity index (χ1v) is 7.30. The molecule has 2 N–H and O–H groups in total. The van der Waals surface area contributed by atoms with Gasteiger partial charge >= 0.3 is 5.97 Å². The molecule has 0 unspecified atom stereocenters. The Kier molecular flexibility index (Phi) is 4.71. The van der Waals surface area contributed by atoms with Crippen LogP contribution < -0.4 is 5.32 Å². The fourth-order valence-electron chi connectivity index (χ4n) is 1.51. The number of carbonyl (C=O) groups is 2. The second-order valence-corrected chi connectivity index (χ2v) is 5.88. The van der Waals surface area contributed by atoms with Crippen LogP contribution >= 0.6 is 38.5 Å². The summed E-state index contributed by atoms with van der Waals surface area (Å²) in [6, 6.07) is 8.02. The molecule has 0 spiro atoms. The number of aromatic carboxylic acids is 1. The van der Waals surface area contributed by atoms with Crippen molar-refractivity contribution in [2.45, 2.75) is 0 Å². The zero-order chi connectivity index (χ0) is 14.7. The van der Waals surface area contributed by atoms with Crippen LogP contribution in [0.15, 0.2) is 41.1 Å². The predicted molar refractivity (Wildman–Crippen MR) is 86.0 cm³/mol. The van der Waals surface area contributed by atoms with Crippen LogP contribution in [0.5, 0.6) is 0 Å². The summed E-state index contributed by atoms with van der Waals surface area (Å²) in [5.41, 5.74) is 0.657. The van der Waals surface area contributed by atoms with Gasteiger partial charge < -0.3 is 10.4 Å². The van der Waals surface area contributed by atoms with E-state index >= 15 is 0 Å². The maximum Gasteiger partial charge on any atom is 0.337 e. The van der Waals surface area contributed by atoms with Gasteiger partial charge in [-0.1, -0.05) is 0 Å². The minimum atomic E-state index is -1.09. The number of pyridine rings is 1. The van der Waals surface area contributed by atoms with E-state index in [0.29, 0.717) is 10.2 Å². The molecule has 2 aromatic rings. The highest BCUT2D eigenvalue weighted by atomic mass is 127. The van der Waals surface area contributed by atoms with E-state index in [4.69, 9.17) is 5.11 Å². The molecule has 0 saturated carbocycles. The molecule has 1 heterocycles. The largest absolute Gasteiger partial charge is 0.478 e. The topological polar surface area (TPSA) is 79.3 Å². The van der Waals surface area contributed by atoms with Crippen LogP contribution in [0.3, 0.4) is 0 Å². The van der Waals surface area contributed by atoms with Crippen molar-refractivity contribution in [2.75, 3.05) is 5.32 Å². The first-order valence-electron chi connectivity index (χ1n) is 5.43. The lowest BCUT2D eigenvalue weighted by molar-refractivity contribution is 0.0698. The van der Waals surface area contributed by atoms with Gasteiger partial charge in [0.1, 0.15) is 4.60 Å². The van der Waals surface area contributed by atoms with Crippen molar-refractivity contribution in [3.05, 3.63) is 55.8 Å². The molecule has 0 fully saturated rings. The molecule has 0 aliphatic heterocycles.